The maximum Gasteiger partial charge on any atom is 0.141 e. The van der Waals surface area contributed by atoms with Crippen molar-refractivity contribution in [3.63, 3.8) is 0 Å². The Morgan fingerprint density at radius 2 is 2.17 bits per heavy atom. The Balaban J connectivity index is 1.72. The Labute approximate surface area is 139 Å². The number of rotatable bonds is 2. The van der Waals surface area contributed by atoms with E-state index in [1.165, 1.54) is 0 Å². The second-order valence-corrected chi connectivity index (χ2v) is 7.08. The number of nitrogens with one attached hydrogen (secondary N) is 1. The molecule has 0 radical (unpaired) electrons. The summed E-state index contributed by atoms with van der Waals surface area (Å²) in [7, 11) is 0. The van der Waals surface area contributed by atoms with Gasteiger partial charge < -0.3 is 19.7 Å². The van der Waals surface area contributed by atoms with E-state index in [1.54, 1.807) is 11.3 Å². The molecule has 2 saturated heterocycles. The quantitative estimate of drug-likeness (QED) is 0.897. The normalized spacial score (nSPS) is 25.9. The number of morpholine rings is 1. The summed E-state index contributed by atoms with van der Waals surface area (Å²) in [5, 5.41) is 6.84. The van der Waals surface area contributed by atoms with Gasteiger partial charge in [0.2, 0.25) is 0 Å². The number of ether oxygens (including phenoxy) is 2. The van der Waals surface area contributed by atoms with Crippen molar-refractivity contribution in [2.24, 2.45) is 0 Å². The van der Waals surface area contributed by atoms with Crippen LogP contribution in [0.2, 0.25) is 0 Å². The summed E-state index contributed by atoms with van der Waals surface area (Å²) in [5.74, 6) is 1.94. The van der Waals surface area contributed by atoms with Crippen molar-refractivity contribution in [2.75, 3.05) is 51.0 Å². The summed E-state index contributed by atoms with van der Waals surface area (Å²) in [6, 6.07) is 2.12. The van der Waals surface area contributed by atoms with E-state index in [2.05, 4.69) is 33.6 Å². The van der Waals surface area contributed by atoms with Crippen LogP contribution in [0, 0.1) is 0 Å². The molecular formula is C16H22N4O2S. The molecule has 1 spiro atoms. The number of fused-ring (bicyclic) bond motifs is 1. The van der Waals surface area contributed by atoms with Gasteiger partial charge in [-0.15, -0.1) is 11.3 Å². The van der Waals surface area contributed by atoms with Crippen LogP contribution in [0.3, 0.4) is 0 Å². The molecule has 2 aliphatic heterocycles. The fraction of sp³-hybridized carbons (Fsp3) is 0.625. The summed E-state index contributed by atoms with van der Waals surface area (Å²) in [5.41, 5.74) is -0.144. The van der Waals surface area contributed by atoms with Crippen LogP contribution in [0.4, 0.5) is 5.82 Å². The Kier molecular flexibility index (Phi) is 4.19. The molecule has 0 bridgehead atoms. The second kappa shape index (κ2) is 6.32. The lowest BCUT2D eigenvalue weighted by molar-refractivity contribution is -0.00961. The van der Waals surface area contributed by atoms with Crippen molar-refractivity contribution in [1.29, 1.82) is 0 Å². The molecular weight excluding hydrogens is 312 g/mol. The average Bonchev–Trinajstić information content (AvgIpc) is 2.97. The molecule has 0 saturated carbocycles. The van der Waals surface area contributed by atoms with Gasteiger partial charge in [0, 0.05) is 26.1 Å². The summed E-state index contributed by atoms with van der Waals surface area (Å²) < 4.78 is 11.6. The summed E-state index contributed by atoms with van der Waals surface area (Å²) in [4.78, 5) is 12.9. The topological polar surface area (TPSA) is 59.5 Å². The number of thiophene rings is 1. The Bertz CT molecular complexity index is 684. The molecule has 2 aromatic rings. The van der Waals surface area contributed by atoms with Crippen LogP contribution >= 0.6 is 11.3 Å². The standard InChI is InChI=1S/C16H22N4O2S/c1-2-13-18-14(12-3-8-23-15(12)19-13)20-5-7-22-11-16(9-20)10-21-6-4-17-16/h3,8,17H,2,4-7,9-11H2,1H3. The van der Waals surface area contributed by atoms with Gasteiger partial charge in [0.1, 0.15) is 16.5 Å². The monoisotopic (exact) mass is 334 g/mol. The van der Waals surface area contributed by atoms with Crippen LogP contribution in [0.1, 0.15) is 12.7 Å². The van der Waals surface area contributed by atoms with Crippen molar-refractivity contribution >= 4 is 27.4 Å². The SMILES string of the molecule is CCc1nc(N2CCOCC3(COCCN3)C2)c2ccsc2n1. The second-order valence-electron chi connectivity index (χ2n) is 6.19. The van der Waals surface area contributed by atoms with Gasteiger partial charge in [-0.05, 0) is 11.4 Å². The minimum Gasteiger partial charge on any atom is -0.378 e. The molecule has 0 amide bonds. The number of aryl methyl sites for hydroxylation is 1. The highest BCUT2D eigenvalue weighted by Crippen LogP contribution is 2.30. The van der Waals surface area contributed by atoms with E-state index in [-0.39, 0.29) is 5.54 Å². The molecule has 0 aliphatic carbocycles. The number of hydrogen-bond acceptors (Lipinski definition) is 7. The Morgan fingerprint density at radius 3 is 3.00 bits per heavy atom. The molecule has 6 nitrogen and oxygen atoms in total. The summed E-state index contributed by atoms with van der Waals surface area (Å²) >= 11 is 1.68. The van der Waals surface area contributed by atoms with E-state index >= 15 is 0 Å². The molecule has 2 fully saturated rings. The highest BCUT2D eigenvalue weighted by molar-refractivity contribution is 7.16. The van der Waals surface area contributed by atoms with Crippen LogP contribution in [0.15, 0.2) is 11.4 Å². The van der Waals surface area contributed by atoms with Gasteiger partial charge in [-0.3, -0.25) is 0 Å². The van der Waals surface area contributed by atoms with E-state index in [0.29, 0.717) is 19.8 Å². The molecule has 1 atom stereocenters. The Hall–Kier alpha value is -1.28. The summed E-state index contributed by atoms with van der Waals surface area (Å²) in [6.07, 6.45) is 0.845. The zero-order chi connectivity index (χ0) is 15.7. The van der Waals surface area contributed by atoms with Crippen molar-refractivity contribution in [2.45, 2.75) is 18.9 Å². The molecule has 1 unspecified atom stereocenters. The summed E-state index contributed by atoms with van der Waals surface area (Å²) in [6.45, 7) is 7.50. The van der Waals surface area contributed by atoms with Crippen molar-refractivity contribution < 1.29 is 9.47 Å². The maximum absolute atomic E-state index is 5.86. The first-order chi connectivity index (χ1) is 11.3. The predicted octanol–water partition coefficient (Wildman–Crippen LogP) is 1.45. The molecule has 2 aromatic heterocycles. The number of aromatic nitrogens is 2. The smallest absolute Gasteiger partial charge is 0.141 e. The number of nitrogens with zero attached hydrogens (tertiary/aromatic N) is 3. The van der Waals surface area contributed by atoms with Crippen molar-refractivity contribution in [3.05, 3.63) is 17.3 Å². The van der Waals surface area contributed by atoms with Gasteiger partial charge >= 0.3 is 0 Å². The number of anilines is 1. The fourth-order valence-electron chi connectivity index (χ4n) is 3.30. The van der Waals surface area contributed by atoms with Crippen LogP contribution in [-0.2, 0) is 15.9 Å². The highest BCUT2D eigenvalue weighted by atomic mass is 32.1. The molecule has 2 aliphatic rings. The van der Waals surface area contributed by atoms with E-state index in [1.807, 2.05) is 0 Å². The maximum atomic E-state index is 5.86. The molecule has 1 N–H and O–H groups in total. The fourth-order valence-corrected chi connectivity index (χ4v) is 4.07. The zero-order valence-corrected chi connectivity index (χ0v) is 14.2. The van der Waals surface area contributed by atoms with Gasteiger partial charge in [0.05, 0.1) is 37.4 Å². The molecule has 0 aromatic carbocycles. The zero-order valence-electron chi connectivity index (χ0n) is 13.4. The predicted molar refractivity (Wildman–Crippen MR) is 91.4 cm³/mol. The van der Waals surface area contributed by atoms with Gasteiger partial charge in [-0.1, -0.05) is 6.92 Å². The van der Waals surface area contributed by atoms with E-state index in [0.717, 1.165) is 54.5 Å². The van der Waals surface area contributed by atoms with Crippen molar-refractivity contribution in [3.8, 4) is 0 Å². The first kappa shape index (κ1) is 15.3. The van der Waals surface area contributed by atoms with Crippen LogP contribution in [0.25, 0.3) is 10.2 Å². The van der Waals surface area contributed by atoms with Crippen LogP contribution in [-0.4, -0.2) is 61.6 Å². The average molecular weight is 334 g/mol. The first-order valence-electron chi connectivity index (χ1n) is 8.19. The first-order valence-corrected chi connectivity index (χ1v) is 9.07. The van der Waals surface area contributed by atoms with E-state index < -0.39 is 0 Å². The van der Waals surface area contributed by atoms with E-state index in [4.69, 9.17) is 14.5 Å². The van der Waals surface area contributed by atoms with Gasteiger partial charge in [0.25, 0.3) is 0 Å². The number of hydrogen-bond donors (Lipinski definition) is 1. The molecule has 23 heavy (non-hydrogen) atoms. The van der Waals surface area contributed by atoms with E-state index in [9.17, 15) is 0 Å². The van der Waals surface area contributed by atoms with Crippen LogP contribution in [0.5, 0.6) is 0 Å². The third kappa shape index (κ3) is 2.94. The molecule has 124 valence electrons. The Morgan fingerprint density at radius 1 is 1.30 bits per heavy atom. The molecule has 4 heterocycles. The largest absolute Gasteiger partial charge is 0.378 e. The molecule has 7 heteroatoms. The van der Waals surface area contributed by atoms with Crippen molar-refractivity contribution in [1.82, 2.24) is 15.3 Å². The third-order valence-electron chi connectivity index (χ3n) is 4.47. The lowest BCUT2D eigenvalue weighted by Crippen LogP contribution is -2.62. The highest BCUT2D eigenvalue weighted by Gasteiger charge is 2.37. The minimum absolute atomic E-state index is 0.144. The lowest BCUT2D eigenvalue weighted by Gasteiger charge is -2.39. The van der Waals surface area contributed by atoms with Crippen LogP contribution < -0.4 is 10.2 Å². The van der Waals surface area contributed by atoms with Gasteiger partial charge in [-0.2, -0.15) is 0 Å². The molecule has 4 rings (SSSR count). The lowest BCUT2D eigenvalue weighted by atomic mass is 10.00. The third-order valence-corrected chi connectivity index (χ3v) is 5.28. The van der Waals surface area contributed by atoms with Gasteiger partial charge in [0.15, 0.2) is 0 Å². The minimum atomic E-state index is -0.144. The van der Waals surface area contributed by atoms with Gasteiger partial charge in [-0.25, -0.2) is 9.97 Å².